The largest absolute Gasteiger partial charge is 0.412 e. The van der Waals surface area contributed by atoms with Crippen LogP contribution in [0.3, 0.4) is 0 Å². The van der Waals surface area contributed by atoms with Gasteiger partial charge in [0.15, 0.2) is 4.90 Å². The van der Waals surface area contributed by atoms with E-state index in [1.807, 2.05) is 20.8 Å². The topological polar surface area (TPSA) is 47.6 Å². The van der Waals surface area contributed by atoms with Crippen LogP contribution in [0.2, 0.25) is 0 Å². The minimum absolute atomic E-state index is 0.200. The Kier molecular flexibility index (Phi) is 6.88. The van der Waals surface area contributed by atoms with Gasteiger partial charge in [0.05, 0.1) is 6.61 Å². The molecule has 4 nitrogen and oxygen atoms in total. The molecule has 0 atom stereocenters. The molecule has 20 heavy (non-hydrogen) atoms. The predicted octanol–water partition coefficient (Wildman–Crippen LogP) is 2.67. The van der Waals surface area contributed by atoms with Crippen molar-refractivity contribution in [2.45, 2.75) is 25.7 Å². The highest BCUT2D eigenvalue weighted by atomic mass is 32.2. The van der Waals surface area contributed by atoms with Crippen molar-refractivity contribution in [1.82, 2.24) is 5.32 Å². The molecule has 0 bridgehead atoms. The summed E-state index contributed by atoms with van der Waals surface area (Å²) in [7, 11) is 0.200. The smallest absolute Gasteiger partial charge is 0.410 e. The lowest BCUT2D eigenvalue weighted by atomic mass is 10.1. The predicted molar refractivity (Wildman–Crippen MR) is 83.9 cm³/mol. The Morgan fingerprint density at radius 2 is 1.85 bits per heavy atom. The molecule has 0 radical (unpaired) electrons. The molecule has 5 heteroatoms. The van der Waals surface area contributed by atoms with Crippen LogP contribution >= 0.6 is 0 Å². The van der Waals surface area contributed by atoms with Gasteiger partial charge in [-0.15, -0.1) is 0 Å². The van der Waals surface area contributed by atoms with Crippen molar-refractivity contribution >= 4 is 17.0 Å². The lowest BCUT2D eigenvalue weighted by molar-refractivity contribution is 0.145. The lowest BCUT2D eigenvalue weighted by Crippen LogP contribution is -2.30. The van der Waals surface area contributed by atoms with Crippen molar-refractivity contribution in [3.63, 3.8) is 0 Å². The van der Waals surface area contributed by atoms with Crippen LogP contribution in [0.25, 0.3) is 0 Å². The number of nitrogens with one attached hydrogen (secondary N) is 1. The van der Waals surface area contributed by atoms with Gasteiger partial charge in [0.1, 0.15) is 18.3 Å². The highest BCUT2D eigenvalue weighted by Gasteiger charge is 2.16. The van der Waals surface area contributed by atoms with Gasteiger partial charge in [0.2, 0.25) is 0 Å². The minimum atomic E-state index is -0.435. The molecule has 0 aromatic heterocycles. The molecule has 1 aromatic carbocycles. The van der Waals surface area contributed by atoms with E-state index >= 15 is 0 Å². The van der Waals surface area contributed by atoms with Gasteiger partial charge in [-0.25, -0.2) is 4.79 Å². The summed E-state index contributed by atoms with van der Waals surface area (Å²) in [6, 6.07) is 4.16. The zero-order valence-electron chi connectivity index (χ0n) is 12.9. The molecule has 1 aromatic rings. The first-order chi connectivity index (χ1) is 9.45. The molecule has 0 heterocycles. The van der Waals surface area contributed by atoms with Crippen molar-refractivity contribution in [2.75, 3.05) is 32.3 Å². The van der Waals surface area contributed by atoms with E-state index in [-0.39, 0.29) is 10.9 Å². The van der Waals surface area contributed by atoms with Gasteiger partial charge in [-0.3, -0.25) is 0 Å². The Bertz CT molecular complexity index is 437. The maximum Gasteiger partial charge on any atom is 0.412 e. The zero-order chi connectivity index (χ0) is 15.1. The van der Waals surface area contributed by atoms with Crippen molar-refractivity contribution in [3.8, 4) is 5.75 Å². The molecule has 0 saturated carbocycles. The van der Waals surface area contributed by atoms with Crippen molar-refractivity contribution in [1.29, 1.82) is 0 Å². The molecule has 0 aliphatic heterocycles. The summed E-state index contributed by atoms with van der Waals surface area (Å²) >= 11 is 0. The second-order valence-electron chi connectivity index (χ2n) is 4.72. The molecular formula is C15H24NO3S+. The summed E-state index contributed by atoms with van der Waals surface area (Å²) in [5.41, 5.74) is 1.97. The first kappa shape index (κ1) is 16.9. The highest BCUT2D eigenvalue weighted by Crippen LogP contribution is 2.27. The first-order valence-corrected chi connectivity index (χ1v) is 8.72. The third-order valence-electron chi connectivity index (χ3n) is 2.82. The Morgan fingerprint density at radius 1 is 1.25 bits per heavy atom. The van der Waals surface area contributed by atoms with E-state index in [1.165, 1.54) is 4.90 Å². The first-order valence-electron chi connectivity index (χ1n) is 6.68. The quantitative estimate of drug-likeness (QED) is 0.649. The van der Waals surface area contributed by atoms with Crippen LogP contribution in [0.4, 0.5) is 4.79 Å². The van der Waals surface area contributed by atoms with Crippen molar-refractivity contribution in [3.05, 3.63) is 23.3 Å². The van der Waals surface area contributed by atoms with E-state index in [9.17, 15) is 4.79 Å². The molecule has 112 valence electrons. The van der Waals surface area contributed by atoms with Gasteiger partial charge in [-0.2, -0.15) is 0 Å². The molecule has 0 aliphatic carbocycles. The monoisotopic (exact) mass is 298 g/mol. The molecule has 0 spiro atoms. The SMILES string of the molecule is CCOCCNC(=O)Oc1c(C)cc([S+](C)C)cc1C. The van der Waals surface area contributed by atoms with Crippen LogP contribution in [0.15, 0.2) is 17.0 Å². The van der Waals surface area contributed by atoms with E-state index < -0.39 is 6.09 Å². The number of ether oxygens (including phenoxy) is 2. The summed E-state index contributed by atoms with van der Waals surface area (Å²) in [6.07, 6.45) is 3.92. The van der Waals surface area contributed by atoms with Gasteiger partial charge < -0.3 is 14.8 Å². The fraction of sp³-hybridized carbons (Fsp3) is 0.533. The molecule has 0 unspecified atom stereocenters. The molecule has 1 N–H and O–H groups in total. The number of aryl methyl sites for hydroxylation is 2. The Morgan fingerprint density at radius 3 is 2.35 bits per heavy atom. The molecule has 1 rings (SSSR count). The fourth-order valence-corrected chi connectivity index (χ4v) is 2.63. The van der Waals surface area contributed by atoms with Crippen LogP contribution in [-0.2, 0) is 15.6 Å². The second kappa shape index (κ2) is 8.17. The number of hydrogen-bond acceptors (Lipinski definition) is 3. The minimum Gasteiger partial charge on any atom is -0.410 e. The summed E-state index contributed by atoms with van der Waals surface area (Å²) < 4.78 is 10.5. The average Bonchev–Trinajstić information content (AvgIpc) is 2.38. The number of carbonyl (C=O) groups excluding carboxylic acids is 1. The van der Waals surface area contributed by atoms with E-state index in [4.69, 9.17) is 9.47 Å². The van der Waals surface area contributed by atoms with E-state index in [0.717, 1.165) is 11.1 Å². The van der Waals surface area contributed by atoms with Crippen molar-refractivity contribution < 1.29 is 14.3 Å². The van der Waals surface area contributed by atoms with Gasteiger partial charge in [0, 0.05) is 24.0 Å². The summed E-state index contributed by atoms with van der Waals surface area (Å²) in [5, 5.41) is 2.67. The lowest BCUT2D eigenvalue weighted by Gasteiger charge is -2.12. The summed E-state index contributed by atoms with van der Waals surface area (Å²) in [4.78, 5) is 13.0. The molecule has 0 aliphatic rings. The number of amides is 1. The number of benzene rings is 1. The van der Waals surface area contributed by atoms with E-state index in [0.29, 0.717) is 25.5 Å². The maximum atomic E-state index is 11.7. The highest BCUT2D eigenvalue weighted by molar-refractivity contribution is 7.95. The van der Waals surface area contributed by atoms with Crippen LogP contribution in [-0.4, -0.2) is 38.4 Å². The fourth-order valence-electron chi connectivity index (χ4n) is 1.81. The molecule has 0 saturated heterocycles. The number of rotatable bonds is 6. The molecule has 1 amide bonds. The Labute approximate surface area is 124 Å². The van der Waals surface area contributed by atoms with Gasteiger partial charge in [0.25, 0.3) is 0 Å². The zero-order valence-corrected chi connectivity index (χ0v) is 13.7. The van der Waals surface area contributed by atoms with Gasteiger partial charge in [-0.1, -0.05) is 0 Å². The third kappa shape index (κ3) is 5.06. The third-order valence-corrected chi connectivity index (χ3v) is 4.00. The number of hydrogen-bond donors (Lipinski definition) is 1. The summed E-state index contributed by atoms with van der Waals surface area (Å²) in [5.74, 6) is 0.646. The van der Waals surface area contributed by atoms with Crippen LogP contribution in [0.1, 0.15) is 18.1 Å². The van der Waals surface area contributed by atoms with E-state index in [2.05, 4.69) is 30.0 Å². The maximum absolute atomic E-state index is 11.7. The van der Waals surface area contributed by atoms with Crippen LogP contribution in [0.5, 0.6) is 5.75 Å². The Balaban J connectivity index is 2.66. The van der Waals surface area contributed by atoms with Crippen molar-refractivity contribution in [2.24, 2.45) is 0 Å². The average molecular weight is 298 g/mol. The second-order valence-corrected chi connectivity index (χ2v) is 6.82. The molecule has 0 fully saturated rings. The molecular weight excluding hydrogens is 274 g/mol. The van der Waals surface area contributed by atoms with Crippen LogP contribution in [0, 0.1) is 13.8 Å². The Hall–Kier alpha value is -1.20. The van der Waals surface area contributed by atoms with E-state index in [1.54, 1.807) is 0 Å². The van der Waals surface area contributed by atoms with Gasteiger partial charge in [-0.05, 0) is 44.0 Å². The normalized spacial score (nSPS) is 10.7. The number of carbonyl (C=O) groups is 1. The van der Waals surface area contributed by atoms with Crippen LogP contribution < -0.4 is 10.1 Å². The standard InChI is InChI=1S/C15H23NO3S/c1-6-18-8-7-16-15(17)19-14-11(2)9-13(20(4)5)10-12(14)3/h9-10H,6-8H2,1-5H3/p+1. The summed E-state index contributed by atoms with van der Waals surface area (Å²) in [6.45, 7) is 7.44. The van der Waals surface area contributed by atoms with Gasteiger partial charge >= 0.3 is 6.09 Å².